The van der Waals surface area contributed by atoms with Gasteiger partial charge in [0.1, 0.15) is 10.8 Å². The van der Waals surface area contributed by atoms with E-state index in [9.17, 15) is 5.11 Å². The van der Waals surface area contributed by atoms with E-state index in [0.29, 0.717) is 5.92 Å². The lowest BCUT2D eigenvalue weighted by atomic mass is 9.87. The van der Waals surface area contributed by atoms with Gasteiger partial charge in [-0.15, -0.1) is 11.3 Å². The Hall–Kier alpha value is -2.47. The van der Waals surface area contributed by atoms with E-state index in [4.69, 9.17) is 15.5 Å². The number of nitrogens with zero attached hydrogens (tertiary/aromatic N) is 1. The molecule has 0 saturated heterocycles. The van der Waals surface area contributed by atoms with Crippen molar-refractivity contribution in [3.63, 3.8) is 0 Å². The zero-order chi connectivity index (χ0) is 20.7. The van der Waals surface area contributed by atoms with Gasteiger partial charge in [-0.05, 0) is 66.8 Å². The van der Waals surface area contributed by atoms with Crippen LogP contribution >= 0.6 is 11.3 Å². The van der Waals surface area contributed by atoms with E-state index in [1.54, 1.807) is 11.3 Å². The molecule has 2 aromatic carbocycles. The predicted molar refractivity (Wildman–Crippen MR) is 122 cm³/mol. The first-order chi connectivity index (χ1) is 14.6. The number of hydrogen-bond donors (Lipinski definition) is 2. The second-order valence-corrected chi connectivity index (χ2v) is 9.48. The molecule has 0 unspecified atom stereocenters. The molecule has 4 nitrogen and oxygen atoms in total. The topological polar surface area (TPSA) is 68.4 Å². The average molecular weight is 419 g/mol. The van der Waals surface area contributed by atoms with Crippen LogP contribution in [0.1, 0.15) is 42.0 Å². The number of aliphatic hydroxyl groups excluding tert-OH is 1. The second-order valence-electron chi connectivity index (χ2n) is 8.48. The van der Waals surface area contributed by atoms with Crippen molar-refractivity contribution in [2.45, 2.75) is 43.6 Å². The Labute approximate surface area is 181 Å². The van der Waals surface area contributed by atoms with E-state index in [1.807, 2.05) is 18.2 Å². The van der Waals surface area contributed by atoms with Gasteiger partial charge < -0.3 is 15.6 Å². The Bertz CT molecular complexity index is 1110. The van der Waals surface area contributed by atoms with Crippen LogP contribution in [-0.2, 0) is 12.8 Å². The highest BCUT2D eigenvalue weighted by molar-refractivity contribution is 7.18. The number of thiazole rings is 1. The molecule has 5 heteroatoms. The molecule has 1 fully saturated rings. The minimum atomic E-state index is -0.413. The number of nitrogens with two attached hydrogens (primary N) is 1. The fourth-order valence-corrected chi connectivity index (χ4v) is 5.96. The molecule has 2 aliphatic rings. The second kappa shape index (κ2) is 7.65. The van der Waals surface area contributed by atoms with Crippen LogP contribution in [0.15, 0.2) is 55.3 Å². The highest BCUT2D eigenvalue weighted by Gasteiger charge is 2.36. The van der Waals surface area contributed by atoms with Crippen molar-refractivity contribution in [1.82, 2.24) is 4.98 Å². The molecule has 2 atom stereocenters. The number of aryl methyl sites for hydroxylation is 2. The average Bonchev–Trinajstić information content (AvgIpc) is 3.38. The molecular formula is C25H26N2O2S. The van der Waals surface area contributed by atoms with Crippen LogP contribution in [0.5, 0.6) is 5.75 Å². The number of fused-ring (bicyclic) bond motifs is 3. The van der Waals surface area contributed by atoms with Gasteiger partial charge in [0.25, 0.3) is 0 Å². The minimum absolute atomic E-state index is 0.0699. The molecule has 0 radical (unpaired) electrons. The van der Waals surface area contributed by atoms with Crippen LogP contribution in [0.3, 0.4) is 0 Å². The lowest BCUT2D eigenvalue weighted by molar-refractivity contribution is 0.198. The van der Waals surface area contributed by atoms with Gasteiger partial charge >= 0.3 is 0 Å². The van der Waals surface area contributed by atoms with E-state index in [0.717, 1.165) is 48.4 Å². The molecule has 30 heavy (non-hydrogen) atoms. The van der Waals surface area contributed by atoms with Gasteiger partial charge in [-0.25, -0.2) is 4.98 Å². The molecule has 3 aromatic rings. The molecule has 0 aliphatic heterocycles. The molecule has 1 aromatic heterocycles. The summed E-state index contributed by atoms with van der Waals surface area (Å²) in [5, 5.41) is 10.6. The summed E-state index contributed by atoms with van der Waals surface area (Å²) in [5.74, 6) is 1.22. The van der Waals surface area contributed by atoms with Crippen LogP contribution < -0.4 is 10.5 Å². The van der Waals surface area contributed by atoms with Gasteiger partial charge in [-0.2, -0.15) is 0 Å². The van der Waals surface area contributed by atoms with Crippen LogP contribution in [-0.4, -0.2) is 22.2 Å². The van der Waals surface area contributed by atoms with Gasteiger partial charge in [0.05, 0.1) is 23.4 Å². The fourth-order valence-electron chi connectivity index (χ4n) is 4.79. The third-order valence-electron chi connectivity index (χ3n) is 6.43. The van der Waals surface area contributed by atoms with Gasteiger partial charge in [0.2, 0.25) is 0 Å². The standard InChI is InChI=1S/C25H26N2O2S/c1-2-29-20-5-3-4-18(13-20)24-27-22-9-7-17-12-16(6-8-21(17)23(22)30-24)19-10-11-25(26,14-19)15-28/h2-6,8,12-13,19,28H,1,7,9-11,14-15,26H2/t19-,25+/m0/s1. The molecule has 0 amide bonds. The van der Waals surface area contributed by atoms with E-state index in [-0.39, 0.29) is 6.61 Å². The van der Waals surface area contributed by atoms with Crippen molar-refractivity contribution in [3.8, 4) is 26.8 Å². The minimum Gasteiger partial charge on any atom is -0.466 e. The van der Waals surface area contributed by atoms with Gasteiger partial charge in [-0.3, -0.25) is 0 Å². The predicted octanol–water partition coefficient (Wildman–Crippen LogP) is 5.06. The van der Waals surface area contributed by atoms with Crippen molar-refractivity contribution in [3.05, 3.63) is 72.1 Å². The Morgan fingerprint density at radius 2 is 2.17 bits per heavy atom. The first-order valence-electron chi connectivity index (χ1n) is 10.5. The Balaban J connectivity index is 1.45. The Morgan fingerprint density at radius 1 is 1.27 bits per heavy atom. The number of aromatic nitrogens is 1. The van der Waals surface area contributed by atoms with Gasteiger partial charge in [-0.1, -0.05) is 36.9 Å². The number of benzene rings is 2. The summed E-state index contributed by atoms with van der Waals surface area (Å²) in [4.78, 5) is 6.22. The number of ether oxygens (including phenoxy) is 1. The van der Waals surface area contributed by atoms with Gasteiger partial charge in [0, 0.05) is 11.1 Å². The molecule has 5 rings (SSSR count). The summed E-state index contributed by atoms with van der Waals surface area (Å²) in [6.45, 7) is 3.70. The van der Waals surface area contributed by atoms with E-state index < -0.39 is 5.54 Å². The van der Waals surface area contributed by atoms with Crippen molar-refractivity contribution in [2.24, 2.45) is 5.73 Å². The number of aliphatic hydroxyl groups is 1. The molecule has 2 aliphatic carbocycles. The monoisotopic (exact) mass is 418 g/mol. The van der Waals surface area contributed by atoms with E-state index in [1.165, 1.54) is 33.5 Å². The Morgan fingerprint density at radius 3 is 2.97 bits per heavy atom. The first kappa shape index (κ1) is 19.5. The molecule has 0 bridgehead atoms. The lowest BCUT2D eigenvalue weighted by Crippen LogP contribution is -2.40. The SMILES string of the molecule is C=COc1cccc(-c2nc3c(s2)-c2ccc([C@H]4CC[C@](N)(CO)C4)cc2CC3)c1. The van der Waals surface area contributed by atoms with E-state index in [2.05, 4.69) is 30.8 Å². The van der Waals surface area contributed by atoms with Crippen LogP contribution in [0.2, 0.25) is 0 Å². The number of rotatable bonds is 5. The maximum absolute atomic E-state index is 9.59. The molecule has 1 heterocycles. The van der Waals surface area contributed by atoms with Gasteiger partial charge in [0.15, 0.2) is 0 Å². The molecule has 154 valence electrons. The fraction of sp³-hybridized carbons (Fsp3) is 0.320. The van der Waals surface area contributed by atoms with Crippen LogP contribution in [0.4, 0.5) is 0 Å². The van der Waals surface area contributed by atoms with Crippen LogP contribution in [0.25, 0.3) is 21.0 Å². The van der Waals surface area contributed by atoms with Crippen molar-refractivity contribution >= 4 is 11.3 Å². The highest BCUT2D eigenvalue weighted by atomic mass is 32.1. The lowest BCUT2D eigenvalue weighted by Gasteiger charge is -2.22. The first-order valence-corrected chi connectivity index (χ1v) is 11.3. The largest absolute Gasteiger partial charge is 0.466 e. The highest BCUT2D eigenvalue weighted by Crippen LogP contribution is 2.44. The zero-order valence-corrected chi connectivity index (χ0v) is 17.8. The molecule has 0 spiro atoms. The van der Waals surface area contributed by atoms with E-state index >= 15 is 0 Å². The summed E-state index contributed by atoms with van der Waals surface area (Å²) >= 11 is 1.75. The van der Waals surface area contributed by atoms with Crippen molar-refractivity contribution in [1.29, 1.82) is 0 Å². The summed E-state index contributed by atoms with van der Waals surface area (Å²) < 4.78 is 5.43. The van der Waals surface area contributed by atoms with Crippen LogP contribution in [0, 0.1) is 0 Å². The maximum Gasteiger partial charge on any atom is 0.127 e. The third-order valence-corrected chi connectivity index (χ3v) is 7.61. The molecule has 1 saturated carbocycles. The summed E-state index contributed by atoms with van der Waals surface area (Å²) in [6.07, 6.45) is 6.23. The smallest absolute Gasteiger partial charge is 0.127 e. The normalized spacial score (nSPS) is 22.4. The summed E-state index contributed by atoms with van der Waals surface area (Å²) in [6, 6.07) is 14.9. The quantitative estimate of drug-likeness (QED) is 0.569. The third kappa shape index (κ3) is 3.47. The summed E-state index contributed by atoms with van der Waals surface area (Å²) in [7, 11) is 0. The molecule has 3 N–H and O–H groups in total. The van der Waals surface area contributed by atoms with Crippen molar-refractivity contribution < 1.29 is 9.84 Å². The maximum atomic E-state index is 9.59. The number of hydrogen-bond acceptors (Lipinski definition) is 5. The van der Waals surface area contributed by atoms with Crippen molar-refractivity contribution in [2.75, 3.05) is 6.61 Å². The molecular weight excluding hydrogens is 392 g/mol. The Kier molecular flexibility index (Phi) is 4.97. The summed E-state index contributed by atoms with van der Waals surface area (Å²) in [5.41, 5.74) is 12.2. The zero-order valence-electron chi connectivity index (χ0n) is 16.9.